The number of halogens is 2. The number of imidazole rings is 1. The molecule has 0 saturated carbocycles. The van der Waals surface area contributed by atoms with Gasteiger partial charge in [-0.15, -0.1) is 0 Å². The highest BCUT2D eigenvalue weighted by Gasteiger charge is 2.54. The molecule has 1 aromatic carbocycles. The lowest BCUT2D eigenvalue weighted by Gasteiger charge is -2.50. The van der Waals surface area contributed by atoms with Crippen molar-refractivity contribution < 1.29 is 4.39 Å². The number of anilines is 1. The maximum Gasteiger partial charge on any atom is 0.129 e. The van der Waals surface area contributed by atoms with Crippen LogP contribution in [0.3, 0.4) is 0 Å². The Morgan fingerprint density at radius 3 is 2.53 bits per heavy atom. The van der Waals surface area contributed by atoms with Crippen LogP contribution in [0.25, 0.3) is 11.0 Å². The predicted octanol–water partition coefficient (Wildman–Crippen LogP) is 7.51. The van der Waals surface area contributed by atoms with Crippen LogP contribution < -0.4 is 4.90 Å². The molecule has 7 heteroatoms. The van der Waals surface area contributed by atoms with E-state index in [1.807, 2.05) is 65.2 Å². The standard InChI is InChI=1S/C25H27ClFN5.2C2H6/c1-17(2)30-15-25(16-30)18(3)32(23-13-28-10-8-20(23)25)14-24-29-21-7-6-19(26)12-22(21)31(24)11-5-4-9-27;2*1-2/h6-8,10,12-13H,1,3-5,9,11,14-16H2,2H3;2*1-2H3. The minimum atomic E-state index is -0.313. The number of unbranched alkanes of at least 4 members (excludes halogenated alkanes) is 1. The first-order chi connectivity index (χ1) is 17.4. The van der Waals surface area contributed by atoms with Crippen LogP contribution in [0, 0.1) is 0 Å². The largest absolute Gasteiger partial charge is 0.373 e. The van der Waals surface area contributed by atoms with Crippen molar-refractivity contribution >= 4 is 28.3 Å². The van der Waals surface area contributed by atoms with Gasteiger partial charge in [-0.1, -0.05) is 52.5 Å². The van der Waals surface area contributed by atoms with Gasteiger partial charge >= 0.3 is 0 Å². The highest BCUT2D eigenvalue weighted by Crippen LogP contribution is 2.53. The Morgan fingerprint density at radius 2 is 1.86 bits per heavy atom. The molecule has 2 aliphatic rings. The second kappa shape index (κ2) is 11.9. The number of aromatic nitrogens is 3. The van der Waals surface area contributed by atoms with Crippen molar-refractivity contribution in [3.8, 4) is 0 Å². The van der Waals surface area contributed by atoms with Gasteiger partial charge in [0.1, 0.15) is 5.82 Å². The summed E-state index contributed by atoms with van der Waals surface area (Å²) in [6, 6.07) is 7.85. The normalized spacial score (nSPS) is 15.1. The topological polar surface area (TPSA) is 37.2 Å². The van der Waals surface area contributed by atoms with Crippen molar-refractivity contribution in [2.24, 2.45) is 0 Å². The van der Waals surface area contributed by atoms with Crippen LogP contribution in [0.5, 0.6) is 0 Å². The van der Waals surface area contributed by atoms with Crippen LogP contribution in [-0.4, -0.2) is 39.2 Å². The molecule has 2 aromatic heterocycles. The lowest BCUT2D eigenvalue weighted by atomic mass is 9.73. The molecule has 2 aliphatic heterocycles. The van der Waals surface area contributed by atoms with Gasteiger partial charge < -0.3 is 14.4 Å². The molecule has 36 heavy (non-hydrogen) atoms. The highest BCUT2D eigenvalue weighted by molar-refractivity contribution is 6.31. The maximum atomic E-state index is 12.8. The van der Waals surface area contributed by atoms with Gasteiger partial charge in [0.15, 0.2) is 0 Å². The van der Waals surface area contributed by atoms with Crippen LogP contribution in [0.4, 0.5) is 10.1 Å². The Balaban J connectivity index is 0.000000861. The van der Waals surface area contributed by atoms with Crippen molar-refractivity contribution in [2.75, 3.05) is 24.7 Å². The number of hydrogen-bond acceptors (Lipinski definition) is 4. The molecule has 3 aromatic rings. The molecule has 194 valence electrons. The molecule has 0 aliphatic carbocycles. The van der Waals surface area contributed by atoms with Gasteiger partial charge in [0.2, 0.25) is 0 Å². The van der Waals surface area contributed by atoms with Crippen molar-refractivity contribution in [3.05, 3.63) is 77.6 Å². The maximum absolute atomic E-state index is 12.8. The number of allylic oxidation sites excluding steroid dienone is 1. The first-order valence-electron chi connectivity index (χ1n) is 13.0. The number of alkyl halides is 1. The van der Waals surface area contributed by atoms with Gasteiger partial charge in [0.05, 0.1) is 41.6 Å². The zero-order valence-corrected chi connectivity index (χ0v) is 23.1. The lowest BCUT2D eigenvalue weighted by molar-refractivity contribution is 0.136. The Morgan fingerprint density at radius 1 is 1.14 bits per heavy atom. The van der Waals surface area contributed by atoms with E-state index in [9.17, 15) is 4.39 Å². The summed E-state index contributed by atoms with van der Waals surface area (Å²) in [5.74, 6) is 0.921. The molecule has 0 amide bonds. The molecule has 4 heterocycles. The summed E-state index contributed by atoms with van der Waals surface area (Å²) in [7, 11) is 0. The summed E-state index contributed by atoms with van der Waals surface area (Å²) in [6.07, 6.45) is 5.06. The minimum Gasteiger partial charge on any atom is -0.373 e. The Bertz CT molecular complexity index is 1210. The monoisotopic (exact) mass is 511 g/mol. The third kappa shape index (κ3) is 4.88. The Hall–Kier alpha value is -2.86. The number of hydrogen-bond donors (Lipinski definition) is 0. The number of rotatable bonds is 7. The van der Waals surface area contributed by atoms with Gasteiger partial charge in [-0.2, -0.15) is 0 Å². The molecule has 1 fully saturated rings. The molecule has 0 bridgehead atoms. The van der Waals surface area contributed by atoms with Gasteiger partial charge in [-0.3, -0.25) is 9.37 Å². The van der Waals surface area contributed by atoms with Crippen LogP contribution >= 0.6 is 11.6 Å². The van der Waals surface area contributed by atoms with Crippen LogP contribution in [0.1, 0.15) is 58.8 Å². The van der Waals surface area contributed by atoms with Crippen molar-refractivity contribution in [1.82, 2.24) is 19.4 Å². The lowest BCUT2D eigenvalue weighted by Crippen LogP contribution is -2.58. The Labute approximate surface area is 220 Å². The van der Waals surface area contributed by atoms with Crippen molar-refractivity contribution in [3.63, 3.8) is 0 Å². The molecule has 0 N–H and O–H groups in total. The summed E-state index contributed by atoms with van der Waals surface area (Å²) in [5.41, 5.74) is 6.24. The second-order valence-electron chi connectivity index (χ2n) is 8.81. The number of pyridine rings is 1. The third-order valence-electron chi connectivity index (χ3n) is 6.80. The number of benzene rings is 1. The third-order valence-corrected chi connectivity index (χ3v) is 7.04. The molecule has 1 saturated heterocycles. The van der Waals surface area contributed by atoms with E-state index in [2.05, 4.69) is 38.6 Å². The highest BCUT2D eigenvalue weighted by atomic mass is 35.5. The van der Waals surface area contributed by atoms with Crippen molar-refractivity contribution in [1.29, 1.82) is 0 Å². The second-order valence-corrected chi connectivity index (χ2v) is 9.24. The average molecular weight is 512 g/mol. The smallest absolute Gasteiger partial charge is 0.129 e. The van der Waals surface area contributed by atoms with Gasteiger partial charge in [-0.25, -0.2) is 4.98 Å². The van der Waals surface area contributed by atoms with Crippen LogP contribution in [-0.2, 0) is 18.5 Å². The summed E-state index contributed by atoms with van der Waals surface area (Å²) in [5, 5.41) is 0.670. The molecule has 5 nitrogen and oxygen atoms in total. The zero-order valence-electron chi connectivity index (χ0n) is 22.3. The fourth-order valence-corrected chi connectivity index (χ4v) is 5.16. The van der Waals surface area contributed by atoms with Gasteiger partial charge in [-0.05, 0) is 49.6 Å². The quantitative estimate of drug-likeness (QED) is 0.307. The molecular weight excluding hydrogens is 473 g/mol. The van der Waals surface area contributed by atoms with E-state index in [0.29, 0.717) is 24.5 Å². The molecule has 0 radical (unpaired) electrons. The zero-order chi connectivity index (χ0) is 26.5. The van der Waals surface area contributed by atoms with E-state index in [-0.39, 0.29) is 12.1 Å². The summed E-state index contributed by atoms with van der Waals surface area (Å²) in [4.78, 5) is 13.8. The van der Waals surface area contributed by atoms with Crippen LogP contribution in [0.15, 0.2) is 61.2 Å². The number of aryl methyl sites for hydroxylation is 1. The fourth-order valence-electron chi connectivity index (χ4n) is 5.00. The van der Waals surface area contributed by atoms with E-state index < -0.39 is 0 Å². The van der Waals surface area contributed by atoms with E-state index >= 15 is 0 Å². The van der Waals surface area contributed by atoms with Crippen LogP contribution in [0.2, 0.25) is 5.02 Å². The summed E-state index contributed by atoms with van der Waals surface area (Å²) < 4.78 is 15.0. The van der Waals surface area contributed by atoms with E-state index in [1.165, 1.54) is 5.56 Å². The number of nitrogens with zero attached hydrogens (tertiary/aromatic N) is 5. The first kappa shape index (κ1) is 27.7. The molecule has 1 spiro atoms. The van der Waals surface area contributed by atoms with Gasteiger partial charge in [0, 0.05) is 42.2 Å². The van der Waals surface area contributed by atoms with Crippen molar-refractivity contribution in [2.45, 2.75) is 66.0 Å². The molecule has 5 rings (SSSR count). The first-order valence-corrected chi connectivity index (χ1v) is 13.3. The SMILES string of the molecule is C=C(C)N1CC2(C1)C(=C)N(Cc1nc3ccc(Cl)cc3n1CCCCF)c1cnccc12.CC.CC. The Kier molecular flexibility index (Phi) is 9.18. The van der Waals surface area contributed by atoms with E-state index in [4.69, 9.17) is 16.6 Å². The average Bonchev–Trinajstić information content (AvgIpc) is 3.33. The predicted molar refractivity (Wildman–Crippen MR) is 150 cm³/mol. The van der Waals surface area contributed by atoms with E-state index in [1.54, 1.807) is 0 Å². The summed E-state index contributed by atoms with van der Waals surface area (Å²) >= 11 is 6.28. The minimum absolute atomic E-state index is 0.119. The van der Waals surface area contributed by atoms with Gasteiger partial charge in [0.25, 0.3) is 0 Å². The molecule has 0 atom stereocenters. The fraction of sp³-hybridized carbons (Fsp3) is 0.448. The summed E-state index contributed by atoms with van der Waals surface area (Å²) in [6.45, 7) is 21.4. The molecular formula is C29H39ClFN5. The van der Waals surface area contributed by atoms with E-state index in [0.717, 1.165) is 53.4 Å². The molecule has 0 unspecified atom stereocenters. The number of fused-ring (bicyclic) bond motifs is 3. The number of likely N-dealkylation sites (tertiary alicyclic amines) is 1.